The number of carboxylic acid groups (broad SMARTS) is 1. The summed E-state index contributed by atoms with van der Waals surface area (Å²) >= 11 is 0. The molecule has 0 aliphatic rings. The molecule has 2 aromatic rings. The Morgan fingerprint density at radius 3 is 2.60 bits per heavy atom. The van der Waals surface area contributed by atoms with Crippen molar-refractivity contribution >= 4 is 11.7 Å². The van der Waals surface area contributed by atoms with Crippen molar-refractivity contribution in [2.24, 2.45) is 0 Å². The third kappa shape index (κ3) is 2.13. The van der Waals surface area contributed by atoms with Crippen molar-refractivity contribution in [3.63, 3.8) is 0 Å². The van der Waals surface area contributed by atoms with Crippen LogP contribution in [0.15, 0.2) is 4.52 Å². The van der Waals surface area contributed by atoms with Crippen molar-refractivity contribution in [2.45, 2.75) is 27.3 Å². The standard InChI is InChI=1S/C11H12N4O5/c1-5-10(15(18)19)6(2)14(12-5)4-8-7(3)20-13-9(8)11(16)17/h4H2,1-3H3,(H,16,17). The van der Waals surface area contributed by atoms with Crippen molar-refractivity contribution in [2.75, 3.05) is 0 Å². The zero-order valence-electron chi connectivity index (χ0n) is 11.1. The lowest BCUT2D eigenvalue weighted by atomic mass is 10.2. The second-order valence-electron chi connectivity index (χ2n) is 4.31. The van der Waals surface area contributed by atoms with E-state index in [0.29, 0.717) is 17.0 Å². The number of aromatic carboxylic acids is 1. The summed E-state index contributed by atoms with van der Waals surface area (Å²) in [7, 11) is 0. The van der Waals surface area contributed by atoms with Crippen LogP contribution in [0.5, 0.6) is 0 Å². The van der Waals surface area contributed by atoms with Crippen molar-refractivity contribution in [3.05, 3.63) is 38.5 Å². The highest BCUT2D eigenvalue weighted by atomic mass is 16.6. The smallest absolute Gasteiger partial charge is 0.358 e. The molecule has 0 radical (unpaired) electrons. The molecule has 9 heteroatoms. The Labute approximate surface area is 112 Å². The first-order valence-electron chi connectivity index (χ1n) is 5.69. The van der Waals surface area contributed by atoms with Crippen LogP contribution in [-0.2, 0) is 6.54 Å². The molecule has 0 bridgehead atoms. The molecule has 2 aromatic heterocycles. The zero-order chi connectivity index (χ0) is 15.0. The Morgan fingerprint density at radius 1 is 1.45 bits per heavy atom. The average molecular weight is 280 g/mol. The van der Waals surface area contributed by atoms with Gasteiger partial charge in [0.15, 0.2) is 5.69 Å². The fraction of sp³-hybridized carbons (Fsp3) is 0.364. The van der Waals surface area contributed by atoms with E-state index in [1.165, 1.54) is 11.6 Å². The van der Waals surface area contributed by atoms with Gasteiger partial charge in [-0.15, -0.1) is 0 Å². The summed E-state index contributed by atoms with van der Waals surface area (Å²) < 4.78 is 6.22. The van der Waals surface area contributed by atoms with Crippen molar-refractivity contribution in [1.82, 2.24) is 14.9 Å². The van der Waals surface area contributed by atoms with E-state index < -0.39 is 10.9 Å². The highest BCUT2D eigenvalue weighted by Crippen LogP contribution is 2.24. The lowest BCUT2D eigenvalue weighted by Gasteiger charge is -2.02. The van der Waals surface area contributed by atoms with E-state index in [9.17, 15) is 14.9 Å². The van der Waals surface area contributed by atoms with Crippen LogP contribution in [0.4, 0.5) is 5.69 Å². The van der Waals surface area contributed by atoms with Gasteiger partial charge in [0.25, 0.3) is 0 Å². The van der Waals surface area contributed by atoms with Gasteiger partial charge in [-0.1, -0.05) is 5.16 Å². The number of carbonyl (C=O) groups is 1. The van der Waals surface area contributed by atoms with Crippen molar-refractivity contribution < 1.29 is 19.3 Å². The van der Waals surface area contributed by atoms with Gasteiger partial charge >= 0.3 is 11.7 Å². The molecule has 0 aliphatic carbocycles. The Bertz CT molecular complexity index is 700. The maximum Gasteiger partial charge on any atom is 0.358 e. The summed E-state index contributed by atoms with van der Waals surface area (Å²) in [6, 6.07) is 0. The number of hydrogen-bond acceptors (Lipinski definition) is 6. The summed E-state index contributed by atoms with van der Waals surface area (Å²) in [6.07, 6.45) is 0. The number of aromatic nitrogens is 3. The van der Waals surface area contributed by atoms with Gasteiger partial charge < -0.3 is 9.63 Å². The molecule has 0 amide bonds. The SMILES string of the molecule is Cc1nn(Cc2c(C(=O)O)noc2C)c(C)c1[N+](=O)[O-]. The largest absolute Gasteiger partial charge is 0.476 e. The number of carboxylic acids is 1. The van der Waals surface area contributed by atoms with E-state index in [0.717, 1.165) is 0 Å². The molecule has 1 N–H and O–H groups in total. The zero-order valence-corrected chi connectivity index (χ0v) is 11.1. The molecule has 9 nitrogen and oxygen atoms in total. The summed E-state index contributed by atoms with van der Waals surface area (Å²) in [6.45, 7) is 4.72. The van der Waals surface area contributed by atoms with E-state index in [1.807, 2.05) is 0 Å². The molecule has 0 unspecified atom stereocenters. The van der Waals surface area contributed by atoms with E-state index in [4.69, 9.17) is 9.63 Å². The Morgan fingerprint density at radius 2 is 2.10 bits per heavy atom. The molecule has 0 aromatic carbocycles. The fourth-order valence-corrected chi connectivity index (χ4v) is 2.00. The minimum absolute atomic E-state index is 0.0531. The van der Waals surface area contributed by atoms with Crippen LogP contribution >= 0.6 is 0 Å². The monoisotopic (exact) mass is 280 g/mol. The lowest BCUT2D eigenvalue weighted by molar-refractivity contribution is -0.386. The van der Waals surface area contributed by atoms with Crippen LogP contribution < -0.4 is 0 Å². The minimum atomic E-state index is -1.21. The molecule has 2 rings (SSSR count). The Hall–Kier alpha value is -2.71. The highest BCUT2D eigenvalue weighted by Gasteiger charge is 2.25. The quantitative estimate of drug-likeness (QED) is 0.663. The van der Waals surface area contributed by atoms with Gasteiger partial charge in [0.05, 0.1) is 17.0 Å². The van der Waals surface area contributed by atoms with Crippen molar-refractivity contribution in [3.8, 4) is 0 Å². The van der Waals surface area contributed by atoms with Crippen LogP contribution in [-0.4, -0.2) is 30.9 Å². The van der Waals surface area contributed by atoms with Crippen LogP contribution in [0.25, 0.3) is 0 Å². The summed E-state index contributed by atoms with van der Waals surface area (Å²) in [5.41, 5.74) is 0.689. The first kappa shape index (κ1) is 13.7. The number of aryl methyl sites for hydroxylation is 2. The topological polar surface area (TPSA) is 124 Å². The Kier molecular flexibility index (Phi) is 3.26. The number of hydrogen-bond donors (Lipinski definition) is 1. The fourth-order valence-electron chi connectivity index (χ4n) is 2.00. The molecule has 106 valence electrons. The van der Waals surface area contributed by atoms with Crippen LogP contribution in [0.2, 0.25) is 0 Å². The van der Waals surface area contributed by atoms with E-state index in [-0.39, 0.29) is 23.6 Å². The predicted octanol–water partition coefficient (Wildman–Crippen LogP) is 1.45. The van der Waals surface area contributed by atoms with Gasteiger partial charge in [-0.05, 0) is 20.8 Å². The van der Waals surface area contributed by atoms with Gasteiger partial charge in [-0.25, -0.2) is 4.79 Å². The second kappa shape index (κ2) is 4.76. The molecule has 0 atom stereocenters. The summed E-state index contributed by atoms with van der Waals surface area (Å²) in [5.74, 6) is -0.870. The molecule has 0 fully saturated rings. The molecular formula is C11H12N4O5. The van der Waals surface area contributed by atoms with Crippen LogP contribution in [0, 0.1) is 30.9 Å². The molecule has 0 spiro atoms. The molecule has 20 heavy (non-hydrogen) atoms. The third-order valence-electron chi connectivity index (χ3n) is 3.02. The lowest BCUT2D eigenvalue weighted by Crippen LogP contribution is -2.09. The third-order valence-corrected chi connectivity index (χ3v) is 3.02. The predicted molar refractivity (Wildman–Crippen MR) is 65.7 cm³/mol. The molecule has 2 heterocycles. The Balaban J connectivity index is 2.46. The van der Waals surface area contributed by atoms with E-state index >= 15 is 0 Å². The van der Waals surface area contributed by atoms with Gasteiger partial charge in [0.1, 0.15) is 17.1 Å². The number of nitrogens with zero attached hydrogens (tertiary/aromatic N) is 4. The minimum Gasteiger partial charge on any atom is -0.476 e. The van der Waals surface area contributed by atoms with Gasteiger partial charge in [0, 0.05) is 0 Å². The molecule has 0 aliphatic heterocycles. The first-order chi connectivity index (χ1) is 9.32. The van der Waals surface area contributed by atoms with Crippen LogP contribution in [0.3, 0.4) is 0 Å². The maximum absolute atomic E-state index is 11.0. The summed E-state index contributed by atoms with van der Waals surface area (Å²) in [4.78, 5) is 21.5. The van der Waals surface area contributed by atoms with Gasteiger partial charge in [-0.3, -0.25) is 14.8 Å². The van der Waals surface area contributed by atoms with Crippen LogP contribution in [0.1, 0.15) is 33.2 Å². The number of rotatable bonds is 4. The molecule has 0 saturated carbocycles. The van der Waals surface area contributed by atoms with Gasteiger partial charge in [-0.2, -0.15) is 5.10 Å². The average Bonchev–Trinajstić information content (AvgIpc) is 2.82. The maximum atomic E-state index is 11.0. The normalized spacial score (nSPS) is 10.8. The van der Waals surface area contributed by atoms with E-state index in [1.54, 1.807) is 13.8 Å². The second-order valence-corrected chi connectivity index (χ2v) is 4.31. The van der Waals surface area contributed by atoms with Gasteiger partial charge in [0.2, 0.25) is 0 Å². The van der Waals surface area contributed by atoms with E-state index in [2.05, 4.69) is 10.3 Å². The van der Waals surface area contributed by atoms with Crippen molar-refractivity contribution in [1.29, 1.82) is 0 Å². The molecular weight excluding hydrogens is 268 g/mol. The molecule has 0 saturated heterocycles. The first-order valence-corrected chi connectivity index (χ1v) is 5.69. The highest BCUT2D eigenvalue weighted by molar-refractivity contribution is 5.87. The summed E-state index contributed by atoms with van der Waals surface area (Å²) in [5, 5.41) is 27.5. The number of nitro groups is 1.